The van der Waals surface area contributed by atoms with Gasteiger partial charge < -0.3 is 15.4 Å². The summed E-state index contributed by atoms with van der Waals surface area (Å²) < 4.78 is 1.87. The smallest absolute Gasteiger partial charge is 0.321 e. The molecule has 1 heterocycles. The summed E-state index contributed by atoms with van der Waals surface area (Å²) in [6.07, 6.45) is 3.14. The largest absolute Gasteiger partial charge is 0.480 e. The van der Waals surface area contributed by atoms with Crippen molar-refractivity contribution in [3.05, 3.63) is 17.2 Å². The van der Waals surface area contributed by atoms with Crippen LogP contribution in [0.4, 0.5) is 0 Å². The van der Waals surface area contributed by atoms with Crippen LogP contribution in [0.3, 0.4) is 0 Å². The molecule has 88 valence electrons. The van der Waals surface area contributed by atoms with E-state index in [-0.39, 0.29) is 0 Å². The van der Waals surface area contributed by atoms with Crippen LogP contribution in [0, 0.1) is 0 Å². The Morgan fingerprint density at radius 2 is 2.44 bits per heavy atom. The maximum atomic E-state index is 11.0. The molecule has 16 heavy (non-hydrogen) atoms. The molecular formula is C10H14ClN3O2. The van der Waals surface area contributed by atoms with E-state index < -0.39 is 17.4 Å². The lowest BCUT2D eigenvalue weighted by Gasteiger charge is -2.21. The van der Waals surface area contributed by atoms with Gasteiger partial charge in [0.2, 0.25) is 0 Å². The molecule has 1 fully saturated rings. The third kappa shape index (κ3) is 1.51. The predicted molar refractivity (Wildman–Crippen MR) is 59.4 cm³/mol. The number of carbonyl (C=O) groups is 1. The first kappa shape index (κ1) is 11.4. The molecule has 0 radical (unpaired) electrons. The molecule has 2 rings (SSSR count). The van der Waals surface area contributed by atoms with Gasteiger partial charge in [-0.1, -0.05) is 11.6 Å². The summed E-state index contributed by atoms with van der Waals surface area (Å²) in [5.74, 6) is -0.989. The lowest BCUT2D eigenvalue weighted by atomic mass is 9.93. The van der Waals surface area contributed by atoms with Gasteiger partial charge in [-0.3, -0.25) is 4.79 Å². The summed E-state index contributed by atoms with van der Waals surface area (Å²) in [5, 5.41) is 9.38. The van der Waals surface area contributed by atoms with Gasteiger partial charge >= 0.3 is 5.97 Å². The molecule has 6 heteroatoms. The van der Waals surface area contributed by atoms with Crippen molar-refractivity contribution in [3.63, 3.8) is 0 Å². The molecule has 0 bridgehead atoms. The van der Waals surface area contributed by atoms with Crippen molar-refractivity contribution in [1.82, 2.24) is 9.55 Å². The van der Waals surface area contributed by atoms with E-state index in [2.05, 4.69) is 4.98 Å². The van der Waals surface area contributed by atoms with Crippen LogP contribution in [0.25, 0.3) is 0 Å². The summed E-state index contributed by atoms with van der Waals surface area (Å²) in [7, 11) is 0. The van der Waals surface area contributed by atoms with Gasteiger partial charge in [-0.2, -0.15) is 0 Å². The number of carboxylic acid groups (broad SMARTS) is 1. The van der Waals surface area contributed by atoms with E-state index in [4.69, 9.17) is 22.4 Å². The topological polar surface area (TPSA) is 81.1 Å². The zero-order valence-electron chi connectivity index (χ0n) is 8.98. The Bertz CT molecular complexity index is 426. The van der Waals surface area contributed by atoms with Crippen LogP contribution >= 0.6 is 11.6 Å². The van der Waals surface area contributed by atoms with Crippen LogP contribution in [0.15, 0.2) is 6.33 Å². The van der Waals surface area contributed by atoms with E-state index in [1.54, 1.807) is 6.33 Å². The van der Waals surface area contributed by atoms with Crippen LogP contribution in [0.2, 0.25) is 5.15 Å². The Morgan fingerprint density at radius 3 is 2.88 bits per heavy atom. The molecule has 1 aromatic rings. The first-order valence-corrected chi connectivity index (χ1v) is 5.60. The second-order valence-corrected chi connectivity index (χ2v) is 4.50. The van der Waals surface area contributed by atoms with E-state index in [0.29, 0.717) is 11.7 Å². The number of imidazole rings is 1. The monoisotopic (exact) mass is 243 g/mol. The summed E-state index contributed by atoms with van der Waals surface area (Å²) in [4.78, 5) is 15.0. The Morgan fingerprint density at radius 1 is 1.81 bits per heavy atom. The van der Waals surface area contributed by atoms with Crippen molar-refractivity contribution in [2.24, 2.45) is 5.73 Å². The average Bonchev–Trinajstić information content (AvgIpc) is 2.96. The lowest BCUT2D eigenvalue weighted by Crippen LogP contribution is -2.43. The van der Waals surface area contributed by atoms with Gasteiger partial charge in [0, 0.05) is 12.0 Å². The van der Waals surface area contributed by atoms with Crippen LogP contribution in [-0.2, 0) is 16.8 Å². The minimum atomic E-state index is -0.989. The first-order chi connectivity index (χ1) is 7.53. The van der Waals surface area contributed by atoms with Gasteiger partial charge in [-0.25, -0.2) is 4.98 Å². The lowest BCUT2D eigenvalue weighted by molar-refractivity contribution is -0.139. The molecule has 1 aliphatic carbocycles. The highest BCUT2D eigenvalue weighted by atomic mass is 35.5. The fourth-order valence-electron chi connectivity index (χ4n) is 2.16. The van der Waals surface area contributed by atoms with E-state index >= 15 is 0 Å². The molecule has 0 spiro atoms. The highest BCUT2D eigenvalue weighted by Gasteiger charge is 2.55. The average molecular weight is 244 g/mol. The normalized spacial score (nSPS) is 19.4. The third-order valence-corrected chi connectivity index (χ3v) is 3.53. The van der Waals surface area contributed by atoms with Gasteiger partial charge in [-0.05, 0) is 19.8 Å². The Hall–Kier alpha value is -1.07. The molecule has 1 aromatic heterocycles. The fraction of sp³-hybridized carbons (Fsp3) is 0.600. The number of aliphatic carboxylic acids is 1. The SMILES string of the molecule is CCn1cnc(Cl)c1C1(C(N)C(=O)O)CC1. The number of aryl methyl sites for hydroxylation is 1. The van der Waals surface area contributed by atoms with E-state index in [1.165, 1.54) is 0 Å². The zero-order valence-corrected chi connectivity index (χ0v) is 9.74. The number of hydrogen-bond donors (Lipinski definition) is 2. The molecule has 3 N–H and O–H groups in total. The molecule has 1 unspecified atom stereocenters. The van der Waals surface area contributed by atoms with Crippen LogP contribution in [-0.4, -0.2) is 26.7 Å². The van der Waals surface area contributed by atoms with Crippen LogP contribution < -0.4 is 5.73 Å². The molecule has 0 saturated heterocycles. The molecule has 0 aliphatic heterocycles. The minimum Gasteiger partial charge on any atom is -0.480 e. The van der Waals surface area contributed by atoms with Gasteiger partial charge in [0.1, 0.15) is 6.04 Å². The van der Waals surface area contributed by atoms with Crippen molar-refractivity contribution < 1.29 is 9.90 Å². The highest BCUT2D eigenvalue weighted by Crippen LogP contribution is 2.52. The van der Waals surface area contributed by atoms with Gasteiger partial charge in [-0.15, -0.1) is 0 Å². The van der Waals surface area contributed by atoms with Gasteiger partial charge in [0.15, 0.2) is 5.15 Å². The number of hydrogen-bond acceptors (Lipinski definition) is 3. The third-order valence-electron chi connectivity index (χ3n) is 3.26. The van der Waals surface area contributed by atoms with E-state index in [1.807, 2.05) is 11.5 Å². The van der Waals surface area contributed by atoms with Crippen molar-refractivity contribution in [2.45, 2.75) is 37.8 Å². The van der Waals surface area contributed by atoms with Crippen molar-refractivity contribution in [3.8, 4) is 0 Å². The quantitative estimate of drug-likeness (QED) is 0.827. The van der Waals surface area contributed by atoms with Crippen LogP contribution in [0.5, 0.6) is 0 Å². The standard InChI is InChI=1S/C10H14ClN3O2/c1-2-14-5-13-8(11)7(14)10(3-4-10)6(12)9(15)16/h5-6H,2-4,12H2,1H3,(H,15,16). The highest BCUT2D eigenvalue weighted by molar-refractivity contribution is 6.30. The van der Waals surface area contributed by atoms with Crippen molar-refractivity contribution >= 4 is 17.6 Å². The molecule has 0 aromatic carbocycles. The predicted octanol–water partition coefficient (Wildman–Crippen LogP) is 1.000. The summed E-state index contributed by atoms with van der Waals surface area (Å²) in [6.45, 7) is 2.67. The number of halogens is 1. The van der Waals surface area contributed by atoms with E-state index in [0.717, 1.165) is 18.5 Å². The fourth-order valence-corrected chi connectivity index (χ4v) is 2.50. The molecule has 5 nitrogen and oxygen atoms in total. The number of carboxylic acids is 1. The summed E-state index contributed by atoms with van der Waals surface area (Å²) >= 11 is 6.02. The molecule has 1 atom stereocenters. The second-order valence-electron chi connectivity index (χ2n) is 4.14. The number of aromatic nitrogens is 2. The minimum absolute atomic E-state index is 0.371. The van der Waals surface area contributed by atoms with E-state index in [9.17, 15) is 4.79 Å². The number of nitrogens with zero attached hydrogens (tertiary/aromatic N) is 2. The second kappa shape index (κ2) is 3.75. The molecular weight excluding hydrogens is 230 g/mol. The molecule has 1 saturated carbocycles. The molecule has 1 aliphatic rings. The van der Waals surface area contributed by atoms with Crippen LogP contribution in [0.1, 0.15) is 25.5 Å². The zero-order chi connectivity index (χ0) is 11.9. The first-order valence-electron chi connectivity index (χ1n) is 5.22. The Balaban J connectivity index is 2.43. The van der Waals surface area contributed by atoms with Crippen molar-refractivity contribution in [1.29, 1.82) is 0 Å². The maximum Gasteiger partial charge on any atom is 0.321 e. The number of nitrogens with two attached hydrogens (primary N) is 1. The van der Waals surface area contributed by atoms with Gasteiger partial charge in [0.05, 0.1) is 12.0 Å². The Kier molecular flexibility index (Phi) is 2.67. The summed E-state index contributed by atoms with van der Waals surface area (Å²) in [5.41, 5.74) is 5.99. The van der Waals surface area contributed by atoms with Crippen molar-refractivity contribution in [2.75, 3.05) is 0 Å². The van der Waals surface area contributed by atoms with Gasteiger partial charge in [0.25, 0.3) is 0 Å². The summed E-state index contributed by atoms with van der Waals surface area (Å²) in [6, 6.07) is -0.910. The Labute approximate surface area is 98.2 Å². The molecule has 0 amide bonds. The maximum absolute atomic E-state index is 11.0. The number of rotatable bonds is 4.